The van der Waals surface area contributed by atoms with Crippen molar-refractivity contribution in [3.8, 4) is 5.75 Å². The first-order valence-electron chi connectivity index (χ1n) is 8.86. The number of thiocarbonyl (C=S) groups is 1. The summed E-state index contributed by atoms with van der Waals surface area (Å²) >= 11 is 5.18. The number of hydrogen-bond acceptors (Lipinski definition) is 7. The van der Waals surface area contributed by atoms with E-state index in [1.807, 2.05) is 0 Å². The Bertz CT molecular complexity index is 731. The Hall–Kier alpha value is -2.36. The monoisotopic (exact) mass is 389 g/mol. The largest absolute Gasteiger partial charge is 0.497 e. The van der Waals surface area contributed by atoms with Gasteiger partial charge in [-0.05, 0) is 36.5 Å². The molecular weight excluding hydrogens is 366 g/mol. The number of nitrogens with one attached hydrogen (secondary N) is 2. The van der Waals surface area contributed by atoms with Crippen molar-refractivity contribution in [3.05, 3.63) is 24.3 Å². The third-order valence-electron chi connectivity index (χ3n) is 4.54. The second kappa shape index (κ2) is 9.03. The van der Waals surface area contributed by atoms with Gasteiger partial charge in [0.05, 0.1) is 19.3 Å². The van der Waals surface area contributed by atoms with Gasteiger partial charge in [-0.15, -0.1) is 0 Å². The fourth-order valence-electron chi connectivity index (χ4n) is 3.01. The maximum absolute atomic E-state index is 12.8. The Morgan fingerprint density at radius 1 is 1.26 bits per heavy atom. The number of nitrogens with zero attached hydrogens (tertiary/aromatic N) is 3. The lowest BCUT2D eigenvalue weighted by Crippen LogP contribution is -2.58. The molecule has 2 N–H and O–H groups in total. The van der Waals surface area contributed by atoms with Crippen LogP contribution in [0.2, 0.25) is 0 Å². The van der Waals surface area contributed by atoms with Gasteiger partial charge in [0.25, 0.3) is 5.91 Å². The second-order valence-corrected chi connectivity index (χ2v) is 6.68. The van der Waals surface area contributed by atoms with Crippen molar-refractivity contribution in [2.24, 2.45) is 10.9 Å². The highest BCUT2D eigenvalue weighted by Gasteiger charge is 2.38. The van der Waals surface area contributed by atoms with E-state index >= 15 is 0 Å². The van der Waals surface area contributed by atoms with Crippen LogP contribution in [0.1, 0.15) is 0 Å². The SMILES string of the molecule is COc1ccc(N2C(=O)[C@@H](C=NCCN3CCNCC3)C(=O)NC2=S)cc1. The lowest BCUT2D eigenvalue weighted by molar-refractivity contribution is -0.130. The van der Waals surface area contributed by atoms with Crippen molar-refractivity contribution in [1.29, 1.82) is 0 Å². The molecule has 1 atom stereocenters. The number of aliphatic imine (C=N–C) groups is 1. The van der Waals surface area contributed by atoms with E-state index in [1.54, 1.807) is 31.4 Å². The Kier molecular flexibility index (Phi) is 6.49. The molecule has 2 amide bonds. The third kappa shape index (κ3) is 4.68. The van der Waals surface area contributed by atoms with Crippen LogP contribution in [0.5, 0.6) is 5.75 Å². The smallest absolute Gasteiger partial charge is 0.251 e. The molecule has 2 aliphatic heterocycles. The van der Waals surface area contributed by atoms with Crippen LogP contribution in [0.4, 0.5) is 5.69 Å². The zero-order chi connectivity index (χ0) is 19.2. The van der Waals surface area contributed by atoms with Crippen LogP contribution in [0, 0.1) is 5.92 Å². The molecule has 9 heteroatoms. The number of carbonyl (C=O) groups excluding carboxylic acids is 2. The van der Waals surface area contributed by atoms with Crippen molar-refractivity contribution < 1.29 is 14.3 Å². The molecule has 8 nitrogen and oxygen atoms in total. The molecule has 2 heterocycles. The molecule has 144 valence electrons. The number of hydrogen-bond donors (Lipinski definition) is 2. The molecule has 2 fully saturated rings. The first-order chi connectivity index (χ1) is 13.1. The average Bonchev–Trinajstić information content (AvgIpc) is 2.68. The number of methoxy groups -OCH3 is 1. The van der Waals surface area contributed by atoms with Crippen molar-refractivity contribution in [1.82, 2.24) is 15.5 Å². The van der Waals surface area contributed by atoms with Crippen molar-refractivity contribution in [3.63, 3.8) is 0 Å². The molecule has 27 heavy (non-hydrogen) atoms. The van der Waals surface area contributed by atoms with E-state index in [4.69, 9.17) is 17.0 Å². The summed E-state index contributed by atoms with van der Waals surface area (Å²) in [7, 11) is 1.57. The highest BCUT2D eigenvalue weighted by atomic mass is 32.1. The summed E-state index contributed by atoms with van der Waals surface area (Å²) in [4.78, 5) is 33.0. The number of amides is 2. The van der Waals surface area contributed by atoms with Crippen molar-refractivity contribution in [2.45, 2.75) is 0 Å². The minimum Gasteiger partial charge on any atom is -0.497 e. The highest BCUT2D eigenvalue weighted by Crippen LogP contribution is 2.23. The summed E-state index contributed by atoms with van der Waals surface area (Å²) in [6.07, 6.45) is 1.43. The molecule has 1 aromatic carbocycles. The number of anilines is 1. The molecule has 2 saturated heterocycles. The fraction of sp³-hybridized carbons (Fsp3) is 0.444. The Morgan fingerprint density at radius 2 is 1.96 bits per heavy atom. The van der Waals surface area contributed by atoms with E-state index in [9.17, 15) is 9.59 Å². The second-order valence-electron chi connectivity index (χ2n) is 6.29. The molecule has 1 aromatic rings. The van der Waals surface area contributed by atoms with Crippen LogP contribution in [-0.4, -0.2) is 74.4 Å². The summed E-state index contributed by atoms with van der Waals surface area (Å²) in [6, 6.07) is 6.91. The van der Waals surface area contributed by atoms with E-state index in [0.29, 0.717) is 18.0 Å². The predicted octanol–water partition coefficient (Wildman–Crippen LogP) is 0.0351. The van der Waals surface area contributed by atoms with E-state index in [2.05, 4.69) is 20.5 Å². The Labute approximate surface area is 163 Å². The number of carbonyl (C=O) groups is 2. The quantitative estimate of drug-likeness (QED) is 0.406. The molecular formula is C18H23N5O3S. The average molecular weight is 389 g/mol. The first kappa shape index (κ1) is 19.4. The summed E-state index contributed by atoms with van der Waals surface area (Å²) in [5, 5.41) is 5.95. The number of benzene rings is 1. The van der Waals surface area contributed by atoms with Crippen LogP contribution in [0.3, 0.4) is 0 Å². The maximum atomic E-state index is 12.8. The lowest BCUT2D eigenvalue weighted by atomic mass is 10.1. The van der Waals surface area contributed by atoms with Gasteiger partial charge < -0.3 is 15.4 Å². The first-order valence-corrected chi connectivity index (χ1v) is 9.27. The molecule has 0 saturated carbocycles. The van der Waals surface area contributed by atoms with Gasteiger partial charge in [-0.2, -0.15) is 0 Å². The minimum atomic E-state index is -0.984. The van der Waals surface area contributed by atoms with Gasteiger partial charge in [0.15, 0.2) is 11.0 Å². The molecule has 0 spiro atoms. The van der Waals surface area contributed by atoms with Crippen LogP contribution in [0.15, 0.2) is 29.3 Å². The fourth-order valence-corrected chi connectivity index (χ4v) is 3.31. The molecule has 0 radical (unpaired) electrons. The van der Waals surface area contributed by atoms with Gasteiger partial charge in [-0.1, -0.05) is 0 Å². The van der Waals surface area contributed by atoms with Crippen LogP contribution < -0.4 is 20.3 Å². The van der Waals surface area contributed by atoms with Crippen LogP contribution in [-0.2, 0) is 9.59 Å². The standard InChI is InChI=1S/C18H23N5O3S/c1-26-14-4-2-13(3-5-14)23-17(25)15(16(24)21-18(23)27)12-20-8-11-22-9-6-19-7-10-22/h2-5,12,15,19H,6-11H2,1H3,(H,21,24,27)/t15-/m0/s1. The van der Waals surface area contributed by atoms with Gasteiger partial charge in [0, 0.05) is 38.9 Å². The molecule has 2 aliphatic rings. The Balaban J connectivity index is 1.65. The van der Waals surface area contributed by atoms with Crippen molar-refractivity contribution >= 4 is 41.0 Å². The Morgan fingerprint density at radius 3 is 2.63 bits per heavy atom. The number of ether oxygens (including phenoxy) is 1. The summed E-state index contributed by atoms with van der Waals surface area (Å²) in [5.74, 6) is -1.16. The van der Waals surface area contributed by atoms with Gasteiger partial charge in [0.2, 0.25) is 5.91 Å². The minimum absolute atomic E-state index is 0.0700. The molecule has 0 bridgehead atoms. The van der Waals surface area contributed by atoms with E-state index in [1.165, 1.54) is 11.1 Å². The lowest BCUT2D eigenvalue weighted by Gasteiger charge is -2.31. The normalized spacial score (nSPS) is 21.6. The third-order valence-corrected chi connectivity index (χ3v) is 4.83. The molecule has 3 rings (SSSR count). The topological polar surface area (TPSA) is 86.3 Å². The zero-order valence-electron chi connectivity index (χ0n) is 15.2. The van der Waals surface area contributed by atoms with Crippen molar-refractivity contribution in [2.75, 3.05) is 51.3 Å². The number of rotatable bonds is 6. The maximum Gasteiger partial charge on any atom is 0.251 e. The van der Waals surface area contributed by atoms with Crippen LogP contribution >= 0.6 is 12.2 Å². The molecule has 0 aliphatic carbocycles. The van der Waals surface area contributed by atoms with E-state index < -0.39 is 17.7 Å². The molecule has 0 unspecified atom stereocenters. The van der Waals surface area contributed by atoms with E-state index in [-0.39, 0.29) is 5.11 Å². The summed E-state index contributed by atoms with van der Waals surface area (Å²) in [5.41, 5.74) is 0.574. The van der Waals surface area contributed by atoms with Gasteiger partial charge in [-0.3, -0.25) is 24.4 Å². The van der Waals surface area contributed by atoms with Crippen LogP contribution in [0.25, 0.3) is 0 Å². The van der Waals surface area contributed by atoms with Gasteiger partial charge >= 0.3 is 0 Å². The van der Waals surface area contributed by atoms with Gasteiger partial charge in [-0.25, -0.2) is 0 Å². The zero-order valence-corrected chi connectivity index (χ0v) is 16.0. The summed E-state index contributed by atoms with van der Waals surface area (Å²) < 4.78 is 5.13. The van der Waals surface area contributed by atoms with Gasteiger partial charge in [0.1, 0.15) is 5.75 Å². The predicted molar refractivity (Wildman–Crippen MR) is 107 cm³/mol. The summed E-state index contributed by atoms with van der Waals surface area (Å²) in [6.45, 7) is 5.27. The molecule has 0 aromatic heterocycles. The van der Waals surface area contributed by atoms with E-state index in [0.717, 1.165) is 32.7 Å². The number of piperazine rings is 1. The highest BCUT2D eigenvalue weighted by molar-refractivity contribution is 7.80.